The third-order valence-corrected chi connectivity index (χ3v) is 4.18. The highest BCUT2D eigenvalue weighted by Crippen LogP contribution is 2.41. The fraction of sp³-hybridized carbons (Fsp3) is 0.538. The number of carbonyl (C=O) groups is 1. The SMILES string of the molecule is CCn1nc(C)c(Cl)c1Cn1nnc(C(=O)O)c1C1CC1. The Bertz CT molecular complexity index is 702. The lowest BCUT2D eigenvalue weighted by Crippen LogP contribution is -2.12. The van der Waals surface area contributed by atoms with Crippen molar-refractivity contribution >= 4 is 17.6 Å². The number of aryl methyl sites for hydroxylation is 2. The molecule has 2 aromatic heterocycles. The summed E-state index contributed by atoms with van der Waals surface area (Å²) >= 11 is 6.30. The van der Waals surface area contributed by atoms with Crippen LogP contribution in [0.1, 0.15) is 53.3 Å². The van der Waals surface area contributed by atoms with E-state index in [-0.39, 0.29) is 11.6 Å². The second-order valence-electron chi connectivity index (χ2n) is 5.22. The highest BCUT2D eigenvalue weighted by Gasteiger charge is 2.34. The van der Waals surface area contributed by atoms with Crippen LogP contribution in [0, 0.1) is 6.92 Å². The minimum Gasteiger partial charge on any atom is -0.476 e. The zero-order valence-corrected chi connectivity index (χ0v) is 12.6. The third kappa shape index (κ3) is 2.42. The Balaban J connectivity index is 2.01. The first-order valence-corrected chi connectivity index (χ1v) is 7.29. The zero-order valence-electron chi connectivity index (χ0n) is 11.9. The molecule has 0 aromatic carbocycles. The number of halogens is 1. The molecule has 0 amide bonds. The van der Waals surface area contributed by atoms with Gasteiger partial charge in [-0.1, -0.05) is 16.8 Å². The predicted molar refractivity (Wildman–Crippen MR) is 75.7 cm³/mol. The smallest absolute Gasteiger partial charge is 0.358 e. The van der Waals surface area contributed by atoms with Crippen LogP contribution in [0.25, 0.3) is 0 Å². The van der Waals surface area contributed by atoms with E-state index in [1.807, 2.05) is 18.5 Å². The molecule has 0 bridgehead atoms. The van der Waals surface area contributed by atoms with E-state index in [0.717, 1.165) is 24.2 Å². The van der Waals surface area contributed by atoms with Gasteiger partial charge in [0.1, 0.15) is 0 Å². The maximum absolute atomic E-state index is 11.3. The van der Waals surface area contributed by atoms with Gasteiger partial charge in [0.25, 0.3) is 0 Å². The van der Waals surface area contributed by atoms with E-state index in [0.29, 0.717) is 23.8 Å². The summed E-state index contributed by atoms with van der Waals surface area (Å²) in [6.45, 7) is 4.92. The van der Waals surface area contributed by atoms with Gasteiger partial charge in [-0.25, -0.2) is 9.48 Å². The molecular formula is C13H16ClN5O2. The molecule has 1 aliphatic carbocycles. The highest BCUT2D eigenvalue weighted by atomic mass is 35.5. The summed E-state index contributed by atoms with van der Waals surface area (Å²) in [6.07, 6.45) is 1.96. The fourth-order valence-corrected chi connectivity index (χ4v) is 2.71. The largest absolute Gasteiger partial charge is 0.476 e. The summed E-state index contributed by atoms with van der Waals surface area (Å²) in [5.41, 5.74) is 2.34. The van der Waals surface area contributed by atoms with Crippen LogP contribution in [-0.4, -0.2) is 35.9 Å². The minimum absolute atomic E-state index is 0.0490. The molecule has 1 fully saturated rings. The molecule has 0 spiro atoms. The number of aromatic carboxylic acids is 1. The Morgan fingerprint density at radius 1 is 1.43 bits per heavy atom. The van der Waals surface area contributed by atoms with Gasteiger partial charge in [-0.2, -0.15) is 5.10 Å². The van der Waals surface area contributed by atoms with Gasteiger partial charge in [-0.05, 0) is 26.7 Å². The highest BCUT2D eigenvalue weighted by molar-refractivity contribution is 6.31. The molecule has 1 aliphatic rings. The summed E-state index contributed by atoms with van der Waals surface area (Å²) in [4.78, 5) is 11.3. The molecule has 7 nitrogen and oxygen atoms in total. The Morgan fingerprint density at radius 3 is 2.71 bits per heavy atom. The van der Waals surface area contributed by atoms with Crippen molar-refractivity contribution in [3.8, 4) is 0 Å². The first-order chi connectivity index (χ1) is 10.0. The molecular weight excluding hydrogens is 294 g/mol. The van der Waals surface area contributed by atoms with Gasteiger partial charge in [0, 0.05) is 12.5 Å². The Hall–Kier alpha value is -1.89. The van der Waals surface area contributed by atoms with Crippen molar-refractivity contribution in [3.63, 3.8) is 0 Å². The number of aromatic nitrogens is 5. The van der Waals surface area contributed by atoms with Crippen LogP contribution < -0.4 is 0 Å². The zero-order chi connectivity index (χ0) is 15.1. The fourth-order valence-electron chi connectivity index (χ4n) is 2.51. The van der Waals surface area contributed by atoms with Crippen molar-refractivity contribution in [1.29, 1.82) is 0 Å². The normalized spacial score (nSPS) is 14.6. The van der Waals surface area contributed by atoms with Gasteiger partial charge in [0.15, 0.2) is 5.69 Å². The molecule has 0 atom stereocenters. The van der Waals surface area contributed by atoms with Gasteiger partial charge >= 0.3 is 5.97 Å². The number of carboxylic acid groups (broad SMARTS) is 1. The molecule has 1 saturated carbocycles. The van der Waals surface area contributed by atoms with E-state index in [1.165, 1.54) is 0 Å². The lowest BCUT2D eigenvalue weighted by molar-refractivity contribution is 0.0689. The van der Waals surface area contributed by atoms with E-state index < -0.39 is 5.97 Å². The molecule has 21 heavy (non-hydrogen) atoms. The van der Waals surface area contributed by atoms with Crippen molar-refractivity contribution in [1.82, 2.24) is 24.8 Å². The summed E-state index contributed by atoms with van der Waals surface area (Å²) in [6, 6.07) is 0. The average Bonchev–Trinajstić information content (AvgIpc) is 3.15. The first kappa shape index (κ1) is 14.1. The van der Waals surface area contributed by atoms with Crippen LogP contribution in [-0.2, 0) is 13.1 Å². The average molecular weight is 310 g/mol. The van der Waals surface area contributed by atoms with E-state index in [9.17, 15) is 9.90 Å². The lowest BCUT2D eigenvalue weighted by atomic mass is 10.2. The van der Waals surface area contributed by atoms with Gasteiger partial charge in [-0.15, -0.1) is 5.10 Å². The molecule has 8 heteroatoms. The van der Waals surface area contributed by atoms with Gasteiger partial charge in [-0.3, -0.25) is 4.68 Å². The maximum atomic E-state index is 11.3. The van der Waals surface area contributed by atoms with E-state index in [4.69, 9.17) is 11.6 Å². The van der Waals surface area contributed by atoms with Crippen LogP contribution in [0.2, 0.25) is 5.02 Å². The van der Waals surface area contributed by atoms with E-state index in [1.54, 1.807) is 4.68 Å². The quantitative estimate of drug-likeness (QED) is 0.914. The molecule has 1 N–H and O–H groups in total. The van der Waals surface area contributed by atoms with Crippen LogP contribution >= 0.6 is 11.6 Å². The van der Waals surface area contributed by atoms with Crippen LogP contribution in [0.5, 0.6) is 0 Å². The maximum Gasteiger partial charge on any atom is 0.358 e. The third-order valence-electron chi connectivity index (χ3n) is 3.69. The Labute approximate surface area is 126 Å². The standard InChI is InChI=1S/C13H16ClN5O2/c1-3-18-9(10(14)7(2)16-18)6-19-12(8-4-5-8)11(13(20)21)15-17-19/h8H,3-6H2,1-2H3,(H,20,21). The first-order valence-electron chi connectivity index (χ1n) is 6.91. The Morgan fingerprint density at radius 2 is 2.14 bits per heavy atom. The number of nitrogens with zero attached hydrogens (tertiary/aromatic N) is 5. The monoisotopic (exact) mass is 309 g/mol. The van der Waals surface area contributed by atoms with Gasteiger partial charge in [0.2, 0.25) is 0 Å². The molecule has 0 radical (unpaired) electrons. The van der Waals surface area contributed by atoms with Gasteiger partial charge < -0.3 is 5.11 Å². The molecule has 3 rings (SSSR count). The van der Waals surface area contributed by atoms with Crippen molar-refractivity contribution in [3.05, 3.63) is 27.8 Å². The van der Waals surface area contributed by atoms with Crippen LogP contribution in [0.3, 0.4) is 0 Å². The van der Waals surface area contributed by atoms with Crippen molar-refractivity contribution in [2.45, 2.75) is 45.7 Å². The van der Waals surface area contributed by atoms with E-state index >= 15 is 0 Å². The molecule has 2 aromatic rings. The van der Waals surface area contributed by atoms with Gasteiger partial charge in [0.05, 0.1) is 28.6 Å². The lowest BCUT2D eigenvalue weighted by Gasteiger charge is -2.08. The van der Waals surface area contributed by atoms with Crippen LogP contribution in [0.4, 0.5) is 0 Å². The Kier molecular flexibility index (Phi) is 3.44. The summed E-state index contributed by atoms with van der Waals surface area (Å²) in [5.74, 6) is -0.793. The van der Waals surface area contributed by atoms with E-state index in [2.05, 4.69) is 15.4 Å². The topological polar surface area (TPSA) is 85.8 Å². The van der Waals surface area contributed by atoms with Crippen molar-refractivity contribution < 1.29 is 9.90 Å². The number of rotatable bonds is 5. The number of hydrogen-bond acceptors (Lipinski definition) is 4. The summed E-state index contributed by atoms with van der Waals surface area (Å²) < 4.78 is 3.46. The van der Waals surface area contributed by atoms with Crippen molar-refractivity contribution in [2.75, 3.05) is 0 Å². The molecule has 0 saturated heterocycles. The second-order valence-corrected chi connectivity index (χ2v) is 5.60. The molecule has 0 unspecified atom stereocenters. The number of hydrogen-bond donors (Lipinski definition) is 1. The molecule has 2 heterocycles. The summed E-state index contributed by atoms with van der Waals surface area (Å²) in [7, 11) is 0. The minimum atomic E-state index is -1.03. The second kappa shape index (κ2) is 5.14. The summed E-state index contributed by atoms with van der Waals surface area (Å²) in [5, 5.41) is 22.0. The predicted octanol–water partition coefficient (Wildman–Crippen LogP) is 2.08. The van der Waals surface area contributed by atoms with Crippen molar-refractivity contribution in [2.24, 2.45) is 0 Å². The van der Waals surface area contributed by atoms with Crippen LogP contribution in [0.15, 0.2) is 0 Å². The number of carboxylic acids is 1. The molecule has 0 aliphatic heterocycles. The molecule has 112 valence electrons.